The third kappa shape index (κ3) is 2.72. The first kappa shape index (κ1) is 15.9. The molecule has 25 heavy (non-hydrogen) atoms. The van der Waals surface area contributed by atoms with Crippen molar-refractivity contribution in [3.8, 4) is 0 Å². The summed E-state index contributed by atoms with van der Waals surface area (Å²) in [4.78, 5) is 25.6. The fourth-order valence-corrected chi connectivity index (χ4v) is 3.73. The molecule has 0 aromatic heterocycles. The van der Waals surface area contributed by atoms with E-state index in [2.05, 4.69) is 10.6 Å². The Morgan fingerprint density at radius 2 is 2.04 bits per heavy atom. The number of carbonyl (C=O) groups is 2. The van der Waals surface area contributed by atoms with Gasteiger partial charge in [-0.05, 0) is 29.8 Å². The second-order valence-electron chi connectivity index (χ2n) is 6.10. The quantitative estimate of drug-likeness (QED) is 0.862. The highest BCUT2D eigenvalue weighted by Crippen LogP contribution is 2.42. The summed E-state index contributed by atoms with van der Waals surface area (Å²) in [5.41, 5.74) is 2.38. The Morgan fingerprint density at radius 3 is 2.76 bits per heavy atom. The molecule has 1 saturated heterocycles. The third-order valence-electron chi connectivity index (χ3n) is 4.59. The predicted octanol–water partition coefficient (Wildman–Crippen LogP) is 3.48. The van der Waals surface area contributed by atoms with Gasteiger partial charge in [0, 0.05) is 47.4 Å². The molecule has 0 bridgehead atoms. The molecule has 1 unspecified atom stereocenters. The molecule has 0 aliphatic carbocycles. The average Bonchev–Trinajstić information content (AvgIpc) is 3.00. The van der Waals surface area contributed by atoms with Crippen molar-refractivity contribution in [1.82, 2.24) is 5.32 Å². The first-order valence-electron chi connectivity index (χ1n) is 7.97. The predicted molar refractivity (Wildman–Crippen MR) is 93.7 cm³/mol. The lowest BCUT2D eigenvalue weighted by molar-refractivity contribution is -0.116. The minimum atomic E-state index is -0.459. The van der Waals surface area contributed by atoms with Crippen molar-refractivity contribution >= 4 is 34.9 Å². The van der Waals surface area contributed by atoms with Gasteiger partial charge in [0.15, 0.2) is 0 Å². The van der Waals surface area contributed by atoms with Gasteiger partial charge in [-0.25, -0.2) is 9.18 Å². The number of nitrogens with zero attached hydrogens (tertiary/aromatic N) is 1. The summed E-state index contributed by atoms with van der Waals surface area (Å²) in [5.74, 6) is -1.10. The molecule has 5 nitrogen and oxygen atoms in total. The Labute approximate surface area is 148 Å². The van der Waals surface area contributed by atoms with E-state index < -0.39 is 11.7 Å². The van der Waals surface area contributed by atoms with Crippen molar-refractivity contribution in [1.29, 1.82) is 0 Å². The molecule has 3 amide bonds. The van der Waals surface area contributed by atoms with Crippen molar-refractivity contribution < 1.29 is 14.0 Å². The molecule has 0 saturated carbocycles. The van der Waals surface area contributed by atoms with Crippen LogP contribution in [0.1, 0.15) is 23.5 Å². The summed E-state index contributed by atoms with van der Waals surface area (Å²) >= 11 is 6.20. The van der Waals surface area contributed by atoms with Crippen LogP contribution in [-0.4, -0.2) is 25.0 Å². The topological polar surface area (TPSA) is 61.4 Å². The molecule has 2 aromatic rings. The van der Waals surface area contributed by atoms with Crippen molar-refractivity contribution in [2.45, 2.75) is 12.3 Å². The van der Waals surface area contributed by atoms with Crippen LogP contribution in [0, 0.1) is 5.82 Å². The van der Waals surface area contributed by atoms with E-state index in [1.807, 2.05) is 12.1 Å². The normalized spacial score (nSPS) is 19.4. The fourth-order valence-electron chi connectivity index (χ4n) is 3.44. The van der Waals surface area contributed by atoms with Gasteiger partial charge in [-0.3, -0.25) is 9.69 Å². The largest absolute Gasteiger partial charge is 0.336 e. The number of urea groups is 1. The number of hydrogen-bond donors (Lipinski definition) is 2. The van der Waals surface area contributed by atoms with Gasteiger partial charge in [0.1, 0.15) is 5.82 Å². The molecular weight excluding hydrogens is 345 g/mol. The monoisotopic (exact) mass is 359 g/mol. The van der Waals surface area contributed by atoms with Crippen molar-refractivity contribution in [2.24, 2.45) is 0 Å². The summed E-state index contributed by atoms with van der Waals surface area (Å²) < 4.78 is 14.4. The first-order valence-corrected chi connectivity index (χ1v) is 8.35. The van der Waals surface area contributed by atoms with Crippen LogP contribution < -0.4 is 15.5 Å². The summed E-state index contributed by atoms with van der Waals surface area (Å²) in [6.07, 6.45) is 0.122. The minimum Gasteiger partial charge on any atom is -0.336 e. The highest BCUT2D eigenvalue weighted by molar-refractivity contribution is 6.31. The Balaban J connectivity index is 1.79. The van der Waals surface area contributed by atoms with Crippen LogP contribution in [0.4, 0.5) is 20.6 Å². The molecule has 0 radical (unpaired) electrons. The molecule has 7 heteroatoms. The van der Waals surface area contributed by atoms with Gasteiger partial charge in [-0.15, -0.1) is 0 Å². The number of carbonyl (C=O) groups excluding carboxylic acids is 2. The zero-order valence-corrected chi connectivity index (χ0v) is 13.9. The second kappa shape index (κ2) is 6.04. The molecule has 1 fully saturated rings. The van der Waals surface area contributed by atoms with Gasteiger partial charge in [0.25, 0.3) is 0 Å². The summed E-state index contributed by atoms with van der Waals surface area (Å²) in [6, 6.07) is 9.71. The molecule has 2 heterocycles. The number of anilines is 2. The third-order valence-corrected chi connectivity index (χ3v) is 4.92. The molecular formula is C18H15ClFN3O2. The highest BCUT2D eigenvalue weighted by atomic mass is 35.5. The zero-order valence-electron chi connectivity index (χ0n) is 13.2. The van der Waals surface area contributed by atoms with Gasteiger partial charge in [0.2, 0.25) is 5.91 Å². The minimum absolute atomic E-state index is 0.122. The second-order valence-corrected chi connectivity index (χ2v) is 6.50. The van der Waals surface area contributed by atoms with Crippen LogP contribution in [-0.2, 0) is 4.79 Å². The van der Waals surface area contributed by atoms with Crippen LogP contribution in [0.25, 0.3) is 0 Å². The maximum atomic E-state index is 14.4. The van der Waals surface area contributed by atoms with Gasteiger partial charge in [-0.2, -0.15) is 0 Å². The molecule has 0 spiro atoms. The molecule has 2 N–H and O–H groups in total. The van der Waals surface area contributed by atoms with Gasteiger partial charge in [0.05, 0.1) is 0 Å². The van der Waals surface area contributed by atoms with Crippen LogP contribution in [0.5, 0.6) is 0 Å². The maximum Gasteiger partial charge on any atom is 0.321 e. The van der Waals surface area contributed by atoms with E-state index in [-0.39, 0.29) is 18.4 Å². The number of benzene rings is 2. The first-order chi connectivity index (χ1) is 12.0. The number of rotatable bonds is 2. The van der Waals surface area contributed by atoms with Crippen molar-refractivity contribution in [3.63, 3.8) is 0 Å². The zero-order chi connectivity index (χ0) is 17.6. The summed E-state index contributed by atoms with van der Waals surface area (Å²) in [7, 11) is 0. The molecule has 128 valence electrons. The van der Waals surface area contributed by atoms with Crippen molar-refractivity contribution in [2.75, 3.05) is 23.3 Å². The Bertz CT molecular complexity index is 866. The molecule has 2 aliphatic rings. The number of amides is 3. The van der Waals surface area contributed by atoms with E-state index in [0.717, 1.165) is 5.56 Å². The van der Waals surface area contributed by atoms with E-state index in [1.54, 1.807) is 23.1 Å². The Kier molecular flexibility index (Phi) is 3.84. The van der Waals surface area contributed by atoms with Gasteiger partial charge < -0.3 is 10.6 Å². The molecule has 1 atom stereocenters. The number of hydrogen-bond acceptors (Lipinski definition) is 2. The van der Waals surface area contributed by atoms with Gasteiger partial charge in [-0.1, -0.05) is 23.7 Å². The van der Waals surface area contributed by atoms with Crippen LogP contribution >= 0.6 is 11.6 Å². The van der Waals surface area contributed by atoms with E-state index in [1.165, 1.54) is 6.07 Å². The lowest BCUT2D eigenvalue weighted by Crippen LogP contribution is -2.29. The van der Waals surface area contributed by atoms with Crippen LogP contribution in [0.3, 0.4) is 0 Å². The molecule has 4 rings (SSSR count). The van der Waals surface area contributed by atoms with Crippen molar-refractivity contribution in [3.05, 3.63) is 58.4 Å². The number of halogens is 2. The summed E-state index contributed by atoms with van der Waals surface area (Å²) in [5, 5.41) is 5.85. The Hall–Kier alpha value is -2.60. The Morgan fingerprint density at radius 1 is 1.20 bits per heavy atom. The number of fused-ring (bicyclic) bond motifs is 1. The van der Waals surface area contributed by atoms with Crippen LogP contribution in [0.2, 0.25) is 5.02 Å². The van der Waals surface area contributed by atoms with E-state index >= 15 is 0 Å². The average molecular weight is 360 g/mol. The lowest BCUT2D eigenvalue weighted by atomic mass is 9.84. The number of nitrogens with one attached hydrogen (secondary N) is 2. The maximum absolute atomic E-state index is 14.4. The highest BCUT2D eigenvalue weighted by Gasteiger charge is 2.31. The fraction of sp³-hybridized carbons (Fsp3) is 0.222. The lowest BCUT2D eigenvalue weighted by Gasteiger charge is -2.28. The molecule has 2 aliphatic heterocycles. The van der Waals surface area contributed by atoms with E-state index in [9.17, 15) is 14.0 Å². The van der Waals surface area contributed by atoms with E-state index in [0.29, 0.717) is 35.1 Å². The smallest absolute Gasteiger partial charge is 0.321 e. The van der Waals surface area contributed by atoms with E-state index in [4.69, 9.17) is 11.6 Å². The van der Waals surface area contributed by atoms with Crippen LogP contribution in [0.15, 0.2) is 36.4 Å². The summed E-state index contributed by atoms with van der Waals surface area (Å²) in [6.45, 7) is 1.14. The molecule has 2 aromatic carbocycles. The SMILES string of the molecule is O=C1CC(c2c(F)cccc2Cl)c2ccc(N3CCNC3=O)cc2N1. The van der Waals surface area contributed by atoms with Gasteiger partial charge >= 0.3 is 6.03 Å². The standard InChI is InChI=1S/C18H15ClFN3O2/c19-13-2-1-3-14(20)17(13)12-9-16(24)22-15-8-10(4-5-11(12)15)23-7-6-21-18(23)25/h1-5,8,12H,6-7,9H2,(H,21,25)(H,22,24).